The van der Waals surface area contributed by atoms with Crippen molar-refractivity contribution in [1.82, 2.24) is 4.98 Å². The van der Waals surface area contributed by atoms with Gasteiger partial charge in [-0.3, -0.25) is 0 Å². The van der Waals surface area contributed by atoms with Crippen molar-refractivity contribution >= 4 is 28.4 Å². The van der Waals surface area contributed by atoms with E-state index < -0.39 is 0 Å². The quantitative estimate of drug-likeness (QED) is 0.736. The molecule has 1 spiro atoms. The van der Waals surface area contributed by atoms with E-state index in [-0.39, 0.29) is 0 Å². The van der Waals surface area contributed by atoms with Crippen LogP contribution in [0.15, 0.2) is 18.3 Å². The van der Waals surface area contributed by atoms with Crippen molar-refractivity contribution in [3.8, 4) is 0 Å². The molecule has 0 aromatic carbocycles. The van der Waals surface area contributed by atoms with Crippen molar-refractivity contribution in [3.05, 3.63) is 21.9 Å². The van der Waals surface area contributed by atoms with E-state index in [0.717, 1.165) is 11.2 Å². The van der Waals surface area contributed by atoms with E-state index in [9.17, 15) is 0 Å². The third-order valence-electron chi connectivity index (χ3n) is 3.05. The molecule has 2 nitrogen and oxygen atoms in total. The van der Waals surface area contributed by atoms with E-state index in [1.807, 2.05) is 6.20 Å². The van der Waals surface area contributed by atoms with Gasteiger partial charge in [0, 0.05) is 28.3 Å². The van der Waals surface area contributed by atoms with Crippen LogP contribution >= 0.6 is 22.6 Å². The van der Waals surface area contributed by atoms with Gasteiger partial charge in [0.25, 0.3) is 0 Å². The molecule has 13 heavy (non-hydrogen) atoms. The molecule has 2 fully saturated rings. The normalized spacial score (nSPS) is 23.0. The smallest absolute Gasteiger partial charge is 0.128 e. The molecule has 0 amide bonds. The maximum Gasteiger partial charge on any atom is 0.128 e. The molecular formula is C10H11IN2. The summed E-state index contributed by atoms with van der Waals surface area (Å²) in [6.07, 6.45) is 4.82. The monoisotopic (exact) mass is 286 g/mol. The predicted octanol–water partition coefficient (Wildman–Crippen LogP) is 2.29. The molecule has 1 aromatic heterocycles. The Morgan fingerprint density at radius 3 is 2.62 bits per heavy atom. The van der Waals surface area contributed by atoms with Gasteiger partial charge in [-0.25, -0.2) is 4.98 Å². The van der Waals surface area contributed by atoms with Crippen LogP contribution in [0.25, 0.3) is 0 Å². The summed E-state index contributed by atoms with van der Waals surface area (Å²) >= 11 is 2.29. The van der Waals surface area contributed by atoms with E-state index in [2.05, 4.69) is 44.6 Å². The second-order valence-corrected chi connectivity index (χ2v) is 5.44. The summed E-state index contributed by atoms with van der Waals surface area (Å²) in [5.74, 6) is 1.15. The van der Waals surface area contributed by atoms with E-state index in [1.165, 1.54) is 29.5 Å². The standard InChI is InChI=1S/C10H11IN2/c11-8-1-2-9(12-5-8)13-6-10(7-13)3-4-10/h1-2,5H,3-4,6-7H2. The number of nitrogens with zero attached hydrogens (tertiary/aromatic N) is 2. The number of anilines is 1. The molecule has 3 heteroatoms. The summed E-state index contributed by atoms with van der Waals surface area (Å²) < 4.78 is 1.21. The SMILES string of the molecule is Ic1ccc(N2CC3(CC3)C2)nc1. The van der Waals surface area contributed by atoms with E-state index in [0.29, 0.717) is 0 Å². The van der Waals surface area contributed by atoms with Gasteiger partial charge in [0.2, 0.25) is 0 Å². The van der Waals surface area contributed by atoms with Crippen molar-refractivity contribution in [3.63, 3.8) is 0 Å². The Morgan fingerprint density at radius 2 is 2.08 bits per heavy atom. The number of pyridine rings is 1. The van der Waals surface area contributed by atoms with E-state index in [1.54, 1.807) is 0 Å². The highest BCUT2D eigenvalue weighted by molar-refractivity contribution is 14.1. The van der Waals surface area contributed by atoms with E-state index in [4.69, 9.17) is 0 Å². The second kappa shape index (κ2) is 2.59. The fraction of sp³-hybridized carbons (Fsp3) is 0.500. The molecule has 0 N–H and O–H groups in total. The number of aromatic nitrogens is 1. The summed E-state index contributed by atoms with van der Waals surface area (Å²) in [6, 6.07) is 4.25. The molecule has 68 valence electrons. The van der Waals surface area contributed by atoms with Crippen LogP contribution in [0, 0.1) is 8.99 Å². The van der Waals surface area contributed by atoms with Crippen LogP contribution in [0.5, 0.6) is 0 Å². The van der Waals surface area contributed by atoms with Crippen molar-refractivity contribution < 1.29 is 0 Å². The minimum atomic E-state index is 0.727. The summed E-state index contributed by atoms with van der Waals surface area (Å²) in [5.41, 5.74) is 0.727. The maximum absolute atomic E-state index is 4.41. The molecule has 1 saturated heterocycles. The summed E-state index contributed by atoms with van der Waals surface area (Å²) in [6.45, 7) is 2.47. The van der Waals surface area contributed by atoms with E-state index >= 15 is 0 Å². The minimum Gasteiger partial charge on any atom is -0.355 e. The zero-order valence-electron chi connectivity index (χ0n) is 7.33. The number of halogens is 1. The Kier molecular flexibility index (Phi) is 1.60. The third kappa shape index (κ3) is 1.33. The van der Waals surface area contributed by atoms with Gasteiger partial charge in [0.15, 0.2) is 0 Å². The van der Waals surface area contributed by atoms with Crippen molar-refractivity contribution in [2.45, 2.75) is 12.8 Å². The molecule has 0 bridgehead atoms. The van der Waals surface area contributed by atoms with Crippen LogP contribution < -0.4 is 4.90 Å². The zero-order valence-corrected chi connectivity index (χ0v) is 9.49. The van der Waals surface area contributed by atoms with Crippen LogP contribution in [0.2, 0.25) is 0 Å². The first-order valence-corrected chi connectivity index (χ1v) is 5.72. The third-order valence-corrected chi connectivity index (χ3v) is 3.68. The molecule has 1 aliphatic heterocycles. The largest absolute Gasteiger partial charge is 0.355 e. The molecule has 1 aromatic rings. The lowest BCUT2D eigenvalue weighted by Crippen LogP contribution is -2.48. The number of rotatable bonds is 1. The first-order valence-electron chi connectivity index (χ1n) is 4.64. The van der Waals surface area contributed by atoms with Gasteiger partial charge in [-0.1, -0.05) is 0 Å². The van der Waals surface area contributed by atoms with Crippen molar-refractivity contribution in [1.29, 1.82) is 0 Å². The molecular weight excluding hydrogens is 275 g/mol. The summed E-state index contributed by atoms with van der Waals surface area (Å²) in [7, 11) is 0. The molecule has 1 aliphatic carbocycles. The Morgan fingerprint density at radius 1 is 1.31 bits per heavy atom. The van der Waals surface area contributed by atoms with Gasteiger partial charge in [-0.15, -0.1) is 0 Å². The molecule has 1 saturated carbocycles. The number of hydrogen-bond acceptors (Lipinski definition) is 2. The van der Waals surface area contributed by atoms with Crippen molar-refractivity contribution in [2.75, 3.05) is 18.0 Å². The summed E-state index contributed by atoms with van der Waals surface area (Å²) in [4.78, 5) is 6.79. The molecule has 0 atom stereocenters. The van der Waals surface area contributed by atoms with Gasteiger partial charge in [-0.05, 0) is 47.6 Å². The predicted molar refractivity (Wildman–Crippen MR) is 60.8 cm³/mol. The molecule has 2 heterocycles. The van der Waals surface area contributed by atoms with Crippen LogP contribution in [-0.2, 0) is 0 Å². The highest BCUT2D eigenvalue weighted by Gasteiger charge is 2.52. The maximum atomic E-state index is 4.41. The first kappa shape index (κ1) is 8.03. The molecule has 0 unspecified atom stereocenters. The lowest BCUT2D eigenvalue weighted by atomic mass is 9.97. The van der Waals surface area contributed by atoms with Crippen LogP contribution in [0.3, 0.4) is 0 Å². The van der Waals surface area contributed by atoms with Gasteiger partial charge in [0.05, 0.1) is 0 Å². The lowest BCUT2D eigenvalue weighted by Gasteiger charge is -2.40. The average molecular weight is 286 g/mol. The lowest BCUT2D eigenvalue weighted by molar-refractivity contribution is 0.384. The van der Waals surface area contributed by atoms with Gasteiger partial charge in [0.1, 0.15) is 5.82 Å². The Bertz CT molecular complexity index is 321. The highest BCUT2D eigenvalue weighted by Crippen LogP contribution is 2.53. The van der Waals surface area contributed by atoms with Crippen molar-refractivity contribution in [2.24, 2.45) is 5.41 Å². The Labute approximate surface area is 91.5 Å². The highest BCUT2D eigenvalue weighted by atomic mass is 127. The molecule has 0 radical (unpaired) electrons. The number of hydrogen-bond donors (Lipinski definition) is 0. The van der Waals surface area contributed by atoms with Gasteiger partial charge < -0.3 is 4.90 Å². The topological polar surface area (TPSA) is 16.1 Å². The van der Waals surface area contributed by atoms with Crippen LogP contribution in [0.4, 0.5) is 5.82 Å². The Balaban J connectivity index is 1.75. The second-order valence-electron chi connectivity index (χ2n) is 4.19. The Hall–Kier alpha value is -0.320. The molecule has 2 aliphatic rings. The van der Waals surface area contributed by atoms with Gasteiger partial charge in [-0.2, -0.15) is 0 Å². The molecule has 3 rings (SSSR count). The van der Waals surface area contributed by atoms with Crippen LogP contribution in [-0.4, -0.2) is 18.1 Å². The fourth-order valence-corrected chi connectivity index (χ4v) is 2.29. The average Bonchev–Trinajstić information content (AvgIpc) is 2.83. The van der Waals surface area contributed by atoms with Crippen LogP contribution in [0.1, 0.15) is 12.8 Å². The first-order chi connectivity index (χ1) is 6.27. The van der Waals surface area contributed by atoms with Gasteiger partial charge >= 0.3 is 0 Å². The zero-order chi connectivity index (χ0) is 8.89. The summed E-state index contributed by atoms with van der Waals surface area (Å²) in [5, 5.41) is 0. The minimum absolute atomic E-state index is 0.727. The fourth-order valence-electron chi connectivity index (χ4n) is 1.97.